The van der Waals surface area contributed by atoms with Gasteiger partial charge in [0.1, 0.15) is 18.4 Å². The van der Waals surface area contributed by atoms with Crippen molar-refractivity contribution in [2.24, 2.45) is 0 Å². The van der Waals surface area contributed by atoms with Crippen molar-refractivity contribution in [3.05, 3.63) is 42.5 Å². The van der Waals surface area contributed by atoms with Crippen molar-refractivity contribution in [2.75, 3.05) is 6.61 Å². The first kappa shape index (κ1) is 14.3. The van der Waals surface area contributed by atoms with Crippen molar-refractivity contribution in [1.29, 1.82) is 0 Å². The van der Waals surface area contributed by atoms with Gasteiger partial charge in [-0.3, -0.25) is 10.1 Å². The zero-order chi connectivity index (χ0) is 13.5. The summed E-state index contributed by atoms with van der Waals surface area (Å²) < 4.78 is 5.56. The molecular formula is C14H19NO3. The number of aliphatic carboxylic acids is 1. The van der Waals surface area contributed by atoms with Crippen LogP contribution in [0.1, 0.15) is 12.5 Å². The van der Waals surface area contributed by atoms with Crippen LogP contribution >= 0.6 is 0 Å². The van der Waals surface area contributed by atoms with Gasteiger partial charge >= 0.3 is 5.97 Å². The lowest BCUT2D eigenvalue weighted by atomic mass is 10.2. The van der Waals surface area contributed by atoms with Crippen LogP contribution in [0, 0.1) is 6.92 Å². The van der Waals surface area contributed by atoms with E-state index in [9.17, 15) is 4.79 Å². The standard InChI is InChI=1S/C14H19NO3/c1-4-13(14(16)17)15-11(3)9-18-12-7-5-10(2)6-8-12/h4-8,11,13,15H,1,9H2,2-3H3,(H,16,17). The molecule has 4 heteroatoms. The molecular weight excluding hydrogens is 230 g/mol. The van der Waals surface area contributed by atoms with Crippen LogP contribution in [0.2, 0.25) is 0 Å². The quantitative estimate of drug-likeness (QED) is 0.726. The van der Waals surface area contributed by atoms with E-state index in [1.807, 2.05) is 38.1 Å². The van der Waals surface area contributed by atoms with E-state index in [-0.39, 0.29) is 6.04 Å². The minimum atomic E-state index is -0.938. The van der Waals surface area contributed by atoms with Gasteiger partial charge in [0.15, 0.2) is 0 Å². The first-order valence-electron chi connectivity index (χ1n) is 5.84. The van der Waals surface area contributed by atoms with Crippen molar-refractivity contribution in [3.8, 4) is 5.75 Å². The Morgan fingerprint density at radius 2 is 2.11 bits per heavy atom. The van der Waals surface area contributed by atoms with Crippen molar-refractivity contribution in [2.45, 2.75) is 25.9 Å². The molecule has 0 saturated heterocycles. The number of benzene rings is 1. The highest BCUT2D eigenvalue weighted by Gasteiger charge is 2.15. The molecule has 0 radical (unpaired) electrons. The van der Waals surface area contributed by atoms with Crippen LogP contribution in [0.3, 0.4) is 0 Å². The lowest BCUT2D eigenvalue weighted by Crippen LogP contribution is -2.43. The molecule has 98 valence electrons. The number of aryl methyl sites for hydroxylation is 1. The van der Waals surface area contributed by atoms with Gasteiger partial charge < -0.3 is 9.84 Å². The molecule has 1 aromatic rings. The van der Waals surface area contributed by atoms with Gasteiger partial charge in [-0.2, -0.15) is 0 Å². The normalized spacial score (nSPS) is 13.7. The average Bonchev–Trinajstić information content (AvgIpc) is 2.35. The highest BCUT2D eigenvalue weighted by atomic mass is 16.5. The fourth-order valence-electron chi connectivity index (χ4n) is 1.45. The van der Waals surface area contributed by atoms with Crippen LogP contribution in [0.4, 0.5) is 0 Å². The first-order chi connectivity index (χ1) is 8.52. The van der Waals surface area contributed by atoms with E-state index in [1.54, 1.807) is 0 Å². The summed E-state index contributed by atoms with van der Waals surface area (Å²) in [5.74, 6) is -0.160. The maximum atomic E-state index is 10.8. The molecule has 2 unspecified atom stereocenters. The van der Waals surface area contributed by atoms with Gasteiger partial charge in [-0.1, -0.05) is 23.8 Å². The number of nitrogens with one attached hydrogen (secondary N) is 1. The van der Waals surface area contributed by atoms with E-state index in [1.165, 1.54) is 11.6 Å². The summed E-state index contributed by atoms with van der Waals surface area (Å²) in [5, 5.41) is 11.8. The Morgan fingerprint density at radius 3 is 2.61 bits per heavy atom. The minimum Gasteiger partial charge on any atom is -0.492 e. The molecule has 0 aliphatic rings. The van der Waals surface area contributed by atoms with Gasteiger partial charge in [-0.25, -0.2) is 0 Å². The Kier molecular flexibility index (Phi) is 5.39. The second kappa shape index (κ2) is 6.81. The summed E-state index contributed by atoms with van der Waals surface area (Å²) in [5.41, 5.74) is 1.17. The third-order valence-electron chi connectivity index (χ3n) is 2.49. The highest BCUT2D eigenvalue weighted by molar-refractivity contribution is 5.75. The van der Waals surface area contributed by atoms with Crippen LogP contribution in [-0.4, -0.2) is 29.8 Å². The summed E-state index contributed by atoms with van der Waals surface area (Å²) in [6.45, 7) is 7.76. The zero-order valence-corrected chi connectivity index (χ0v) is 10.7. The fourth-order valence-corrected chi connectivity index (χ4v) is 1.45. The summed E-state index contributed by atoms with van der Waals surface area (Å²) >= 11 is 0. The van der Waals surface area contributed by atoms with Crippen LogP contribution in [0.25, 0.3) is 0 Å². The van der Waals surface area contributed by atoms with E-state index in [2.05, 4.69) is 11.9 Å². The number of carbonyl (C=O) groups is 1. The molecule has 0 fully saturated rings. The molecule has 1 aromatic carbocycles. The monoisotopic (exact) mass is 249 g/mol. The largest absolute Gasteiger partial charge is 0.492 e. The van der Waals surface area contributed by atoms with Crippen molar-refractivity contribution >= 4 is 5.97 Å². The lowest BCUT2D eigenvalue weighted by Gasteiger charge is -2.18. The second-order valence-corrected chi connectivity index (χ2v) is 4.24. The van der Waals surface area contributed by atoms with E-state index in [0.29, 0.717) is 6.61 Å². The average molecular weight is 249 g/mol. The molecule has 0 heterocycles. The molecule has 4 nitrogen and oxygen atoms in total. The van der Waals surface area contributed by atoms with E-state index in [4.69, 9.17) is 9.84 Å². The minimum absolute atomic E-state index is 0.0783. The van der Waals surface area contributed by atoms with Crippen molar-refractivity contribution in [1.82, 2.24) is 5.32 Å². The highest BCUT2D eigenvalue weighted by Crippen LogP contribution is 2.11. The van der Waals surface area contributed by atoms with Gasteiger partial charge in [-0.05, 0) is 26.0 Å². The molecule has 0 bridgehead atoms. The molecule has 0 aromatic heterocycles. The van der Waals surface area contributed by atoms with Gasteiger partial charge in [0.2, 0.25) is 0 Å². The summed E-state index contributed by atoms with van der Waals surface area (Å²) in [7, 11) is 0. The van der Waals surface area contributed by atoms with Crippen LogP contribution in [0.5, 0.6) is 5.75 Å². The number of carboxylic acid groups (broad SMARTS) is 1. The molecule has 1 rings (SSSR count). The smallest absolute Gasteiger partial charge is 0.324 e. The molecule has 0 saturated carbocycles. The molecule has 0 aliphatic carbocycles. The summed E-state index contributed by atoms with van der Waals surface area (Å²) in [6.07, 6.45) is 1.37. The first-order valence-corrected chi connectivity index (χ1v) is 5.84. The number of hydrogen-bond donors (Lipinski definition) is 2. The Bertz CT molecular complexity index is 400. The summed E-state index contributed by atoms with van der Waals surface area (Å²) in [6, 6.07) is 6.90. The van der Waals surface area contributed by atoms with Gasteiger partial charge in [0.05, 0.1) is 0 Å². The number of rotatable bonds is 7. The third kappa shape index (κ3) is 4.59. The lowest BCUT2D eigenvalue weighted by molar-refractivity contribution is -0.138. The van der Waals surface area contributed by atoms with Gasteiger partial charge in [-0.15, -0.1) is 6.58 Å². The van der Waals surface area contributed by atoms with E-state index >= 15 is 0 Å². The molecule has 2 atom stereocenters. The van der Waals surface area contributed by atoms with Crippen molar-refractivity contribution < 1.29 is 14.6 Å². The molecule has 18 heavy (non-hydrogen) atoms. The molecule has 0 amide bonds. The zero-order valence-electron chi connectivity index (χ0n) is 10.7. The Balaban J connectivity index is 2.41. The van der Waals surface area contributed by atoms with Crippen LogP contribution in [0.15, 0.2) is 36.9 Å². The van der Waals surface area contributed by atoms with Gasteiger partial charge in [0.25, 0.3) is 0 Å². The third-order valence-corrected chi connectivity index (χ3v) is 2.49. The Morgan fingerprint density at radius 1 is 1.50 bits per heavy atom. The SMILES string of the molecule is C=CC(NC(C)COc1ccc(C)cc1)C(=O)O. The maximum absolute atomic E-state index is 10.8. The molecule has 0 aliphatic heterocycles. The Labute approximate surface area is 107 Å². The molecule has 0 spiro atoms. The van der Waals surface area contributed by atoms with E-state index in [0.717, 1.165) is 5.75 Å². The van der Waals surface area contributed by atoms with Crippen LogP contribution in [-0.2, 0) is 4.79 Å². The predicted molar refractivity (Wildman–Crippen MR) is 70.9 cm³/mol. The number of carboxylic acids is 1. The predicted octanol–water partition coefficient (Wildman–Crippen LogP) is 1.99. The van der Waals surface area contributed by atoms with E-state index < -0.39 is 12.0 Å². The Hall–Kier alpha value is -1.81. The topological polar surface area (TPSA) is 58.6 Å². The maximum Gasteiger partial charge on any atom is 0.324 e. The number of hydrogen-bond acceptors (Lipinski definition) is 3. The van der Waals surface area contributed by atoms with Gasteiger partial charge in [0, 0.05) is 6.04 Å². The number of ether oxygens (including phenoxy) is 1. The second-order valence-electron chi connectivity index (χ2n) is 4.24. The summed E-state index contributed by atoms with van der Waals surface area (Å²) in [4.78, 5) is 10.8. The van der Waals surface area contributed by atoms with Crippen molar-refractivity contribution in [3.63, 3.8) is 0 Å². The van der Waals surface area contributed by atoms with Crippen LogP contribution < -0.4 is 10.1 Å². The molecule has 2 N–H and O–H groups in total. The fraction of sp³-hybridized carbons (Fsp3) is 0.357.